The molecule has 0 aliphatic rings. The lowest BCUT2D eigenvalue weighted by Gasteiger charge is -2.15. The first-order valence-corrected chi connectivity index (χ1v) is 9.50. The second-order valence-corrected chi connectivity index (χ2v) is 7.15. The first-order chi connectivity index (χ1) is 14.3. The van der Waals surface area contributed by atoms with Gasteiger partial charge in [-0.25, -0.2) is 4.79 Å². The number of carbonyl (C=O) groups is 2. The zero-order chi connectivity index (χ0) is 21.8. The number of amides is 1. The van der Waals surface area contributed by atoms with E-state index in [2.05, 4.69) is 5.32 Å². The molecule has 3 aromatic carbocycles. The molecule has 0 fully saturated rings. The van der Waals surface area contributed by atoms with Crippen LogP contribution in [-0.2, 0) is 0 Å². The van der Waals surface area contributed by atoms with Crippen LogP contribution in [-0.4, -0.2) is 24.1 Å². The van der Waals surface area contributed by atoms with Crippen LogP contribution in [0.5, 0.6) is 17.2 Å². The van der Waals surface area contributed by atoms with E-state index in [0.717, 1.165) is 0 Å². The van der Waals surface area contributed by atoms with Gasteiger partial charge in [0.15, 0.2) is 0 Å². The van der Waals surface area contributed by atoms with E-state index in [1.165, 1.54) is 31.4 Å². The van der Waals surface area contributed by atoms with Crippen molar-refractivity contribution < 1.29 is 24.2 Å². The molecule has 154 valence electrons. The summed E-state index contributed by atoms with van der Waals surface area (Å²) in [7, 11) is 1.53. The monoisotopic (exact) mass is 445 g/mol. The number of aromatic carboxylic acids is 1. The fourth-order valence-electron chi connectivity index (χ4n) is 2.63. The van der Waals surface area contributed by atoms with Gasteiger partial charge in [-0.05, 0) is 55.0 Å². The van der Waals surface area contributed by atoms with Gasteiger partial charge in [0, 0.05) is 22.8 Å². The predicted octanol–water partition coefficient (Wildman–Crippen LogP) is 6.05. The summed E-state index contributed by atoms with van der Waals surface area (Å²) in [5.74, 6) is -0.377. The zero-order valence-electron chi connectivity index (χ0n) is 16.0. The van der Waals surface area contributed by atoms with Crippen LogP contribution >= 0.6 is 23.2 Å². The van der Waals surface area contributed by atoms with Gasteiger partial charge >= 0.3 is 5.97 Å². The number of ether oxygens (including phenoxy) is 2. The normalized spacial score (nSPS) is 10.4. The van der Waals surface area contributed by atoms with Crippen LogP contribution in [0.25, 0.3) is 0 Å². The Kier molecular flexibility index (Phi) is 6.50. The number of methoxy groups -OCH3 is 1. The van der Waals surface area contributed by atoms with E-state index in [4.69, 9.17) is 37.8 Å². The highest BCUT2D eigenvalue weighted by Gasteiger charge is 2.18. The maximum absolute atomic E-state index is 12.9. The molecule has 0 aliphatic heterocycles. The molecule has 6 nitrogen and oxygen atoms in total. The van der Waals surface area contributed by atoms with E-state index in [1.54, 1.807) is 37.3 Å². The number of hydrogen-bond donors (Lipinski definition) is 2. The minimum Gasteiger partial charge on any atom is -0.497 e. The Morgan fingerprint density at radius 3 is 2.23 bits per heavy atom. The number of nitrogens with one attached hydrogen (secondary N) is 1. The van der Waals surface area contributed by atoms with Crippen molar-refractivity contribution in [1.82, 2.24) is 0 Å². The highest BCUT2D eigenvalue weighted by molar-refractivity contribution is 6.32. The first kappa shape index (κ1) is 21.5. The average Bonchev–Trinajstić information content (AvgIpc) is 2.72. The van der Waals surface area contributed by atoms with Gasteiger partial charge < -0.3 is 19.9 Å². The molecule has 2 N–H and O–H groups in total. The SMILES string of the molecule is COc1ccc(Oc2cc(Cl)c(C)cc2C(=O)Nc2ccc(C(=O)O)cc2)c(Cl)c1. The molecule has 0 saturated carbocycles. The molecule has 8 heteroatoms. The van der Waals surface area contributed by atoms with E-state index >= 15 is 0 Å². The van der Waals surface area contributed by atoms with Crippen molar-refractivity contribution in [3.63, 3.8) is 0 Å². The summed E-state index contributed by atoms with van der Waals surface area (Å²) in [4.78, 5) is 23.9. The molecule has 0 unspecified atom stereocenters. The van der Waals surface area contributed by atoms with E-state index in [9.17, 15) is 9.59 Å². The lowest BCUT2D eigenvalue weighted by atomic mass is 10.1. The molecule has 0 aliphatic carbocycles. The molecule has 0 atom stereocenters. The third-order valence-electron chi connectivity index (χ3n) is 4.25. The number of benzene rings is 3. The van der Waals surface area contributed by atoms with Gasteiger partial charge in [-0.1, -0.05) is 23.2 Å². The Hall–Kier alpha value is -3.22. The smallest absolute Gasteiger partial charge is 0.335 e. The van der Waals surface area contributed by atoms with Crippen LogP contribution in [0.2, 0.25) is 10.0 Å². The standard InChI is InChI=1S/C22H17Cl2NO5/c1-12-9-16(21(26)25-14-5-3-13(4-6-14)22(27)28)20(11-17(12)23)30-19-8-7-15(29-2)10-18(19)24/h3-11H,1-2H3,(H,25,26)(H,27,28). The van der Waals surface area contributed by atoms with Gasteiger partial charge in [0.25, 0.3) is 5.91 Å². The molecular weight excluding hydrogens is 429 g/mol. The van der Waals surface area contributed by atoms with Gasteiger partial charge in [0.05, 0.1) is 23.3 Å². The Balaban J connectivity index is 1.91. The van der Waals surface area contributed by atoms with Gasteiger partial charge in [0.1, 0.15) is 17.2 Å². The maximum Gasteiger partial charge on any atom is 0.335 e. The quantitative estimate of drug-likeness (QED) is 0.481. The number of carbonyl (C=O) groups excluding carboxylic acids is 1. The summed E-state index contributed by atoms with van der Waals surface area (Å²) in [5.41, 5.74) is 1.49. The summed E-state index contributed by atoms with van der Waals surface area (Å²) < 4.78 is 11.0. The van der Waals surface area contributed by atoms with Crippen LogP contribution in [0.3, 0.4) is 0 Å². The fraction of sp³-hybridized carbons (Fsp3) is 0.0909. The molecular formula is C22H17Cl2NO5. The fourth-order valence-corrected chi connectivity index (χ4v) is 2.99. The predicted molar refractivity (Wildman–Crippen MR) is 116 cm³/mol. The Bertz CT molecular complexity index is 1110. The van der Waals surface area contributed by atoms with Crippen molar-refractivity contribution in [3.8, 4) is 17.2 Å². The van der Waals surface area contributed by atoms with E-state index in [0.29, 0.717) is 32.8 Å². The van der Waals surface area contributed by atoms with Crippen molar-refractivity contribution in [1.29, 1.82) is 0 Å². The Labute approximate surface area is 183 Å². The summed E-state index contributed by atoms with van der Waals surface area (Å²) in [5, 5.41) is 12.4. The maximum atomic E-state index is 12.9. The number of anilines is 1. The van der Waals surface area contributed by atoms with Gasteiger partial charge in [-0.2, -0.15) is 0 Å². The largest absolute Gasteiger partial charge is 0.497 e. The van der Waals surface area contributed by atoms with E-state index in [1.807, 2.05) is 0 Å². The third-order valence-corrected chi connectivity index (χ3v) is 4.96. The summed E-state index contributed by atoms with van der Waals surface area (Å²) in [6.45, 7) is 1.77. The van der Waals surface area contributed by atoms with Gasteiger partial charge in [-0.15, -0.1) is 0 Å². The molecule has 3 rings (SSSR count). The minimum absolute atomic E-state index is 0.119. The molecule has 0 radical (unpaired) electrons. The van der Waals surface area contributed by atoms with Crippen molar-refractivity contribution in [2.45, 2.75) is 6.92 Å². The molecule has 0 spiro atoms. The number of carboxylic acids is 1. The lowest BCUT2D eigenvalue weighted by Crippen LogP contribution is -2.13. The highest BCUT2D eigenvalue weighted by Crippen LogP contribution is 2.36. The van der Waals surface area contributed by atoms with E-state index in [-0.39, 0.29) is 16.9 Å². The topological polar surface area (TPSA) is 84.9 Å². The molecule has 3 aromatic rings. The highest BCUT2D eigenvalue weighted by atomic mass is 35.5. The van der Waals surface area contributed by atoms with Crippen LogP contribution in [0.15, 0.2) is 54.6 Å². The van der Waals surface area contributed by atoms with Crippen LogP contribution in [0.4, 0.5) is 5.69 Å². The summed E-state index contributed by atoms with van der Waals surface area (Å²) in [6.07, 6.45) is 0. The molecule has 30 heavy (non-hydrogen) atoms. The number of hydrogen-bond acceptors (Lipinski definition) is 4. The van der Waals surface area contributed by atoms with Crippen molar-refractivity contribution in [3.05, 3.63) is 81.3 Å². The molecule has 0 aromatic heterocycles. The molecule has 1 amide bonds. The zero-order valence-corrected chi connectivity index (χ0v) is 17.5. The van der Waals surface area contributed by atoms with Crippen molar-refractivity contribution >= 4 is 40.8 Å². The second-order valence-electron chi connectivity index (χ2n) is 6.33. The number of aryl methyl sites for hydroxylation is 1. The summed E-state index contributed by atoms with van der Waals surface area (Å²) >= 11 is 12.5. The molecule has 0 heterocycles. The third kappa shape index (κ3) is 4.84. The van der Waals surface area contributed by atoms with Crippen LogP contribution in [0.1, 0.15) is 26.3 Å². The van der Waals surface area contributed by atoms with Crippen LogP contribution in [0, 0.1) is 6.92 Å². The number of rotatable bonds is 6. The average molecular weight is 446 g/mol. The minimum atomic E-state index is -1.05. The molecule has 0 bridgehead atoms. The number of halogens is 2. The van der Waals surface area contributed by atoms with E-state index < -0.39 is 11.9 Å². The Morgan fingerprint density at radius 2 is 1.63 bits per heavy atom. The Morgan fingerprint density at radius 1 is 0.933 bits per heavy atom. The van der Waals surface area contributed by atoms with Crippen molar-refractivity contribution in [2.75, 3.05) is 12.4 Å². The van der Waals surface area contributed by atoms with Gasteiger partial charge in [-0.3, -0.25) is 4.79 Å². The summed E-state index contributed by atoms with van der Waals surface area (Å²) in [6, 6.07) is 13.9. The number of carboxylic acid groups (broad SMARTS) is 1. The van der Waals surface area contributed by atoms with Crippen LogP contribution < -0.4 is 14.8 Å². The second kappa shape index (κ2) is 9.07. The van der Waals surface area contributed by atoms with Gasteiger partial charge in [0.2, 0.25) is 0 Å². The lowest BCUT2D eigenvalue weighted by molar-refractivity contribution is 0.0696. The first-order valence-electron chi connectivity index (χ1n) is 8.74. The van der Waals surface area contributed by atoms with Crippen molar-refractivity contribution in [2.24, 2.45) is 0 Å². The molecule has 0 saturated heterocycles.